The molecule has 1 aromatic carbocycles. The minimum absolute atomic E-state index is 0.235. The van der Waals surface area contributed by atoms with E-state index in [9.17, 15) is 13.2 Å². The predicted molar refractivity (Wildman–Crippen MR) is 99.7 cm³/mol. The first-order valence-electron chi connectivity index (χ1n) is 8.20. The number of rotatable bonds is 2. The van der Waals surface area contributed by atoms with Crippen molar-refractivity contribution in [3.63, 3.8) is 0 Å². The molecule has 2 aromatic heterocycles. The summed E-state index contributed by atoms with van der Waals surface area (Å²) in [5.74, 6) is 6.42. The molecule has 0 spiro atoms. The second kappa shape index (κ2) is 7.56. The van der Waals surface area contributed by atoms with E-state index in [0.29, 0.717) is 33.5 Å². The molecule has 0 aliphatic carbocycles. The number of nitrogens with zero attached hydrogens (tertiary/aromatic N) is 3. The number of alkyl halides is 3. The van der Waals surface area contributed by atoms with Crippen LogP contribution in [0, 0.1) is 32.6 Å². The number of ether oxygens (including phenoxy) is 1. The van der Waals surface area contributed by atoms with E-state index in [-0.39, 0.29) is 5.75 Å². The van der Waals surface area contributed by atoms with Crippen LogP contribution in [0.4, 0.5) is 13.2 Å². The first kappa shape index (κ1) is 19.8. The molecule has 3 rings (SSSR count). The zero-order valence-corrected chi connectivity index (χ0v) is 16.0. The average molecular weight is 406 g/mol. The van der Waals surface area contributed by atoms with Crippen LogP contribution in [0.25, 0.3) is 5.69 Å². The van der Waals surface area contributed by atoms with E-state index >= 15 is 0 Å². The van der Waals surface area contributed by atoms with Crippen LogP contribution in [0.1, 0.15) is 28.3 Å². The van der Waals surface area contributed by atoms with Crippen LogP contribution in [0.15, 0.2) is 36.5 Å². The summed E-state index contributed by atoms with van der Waals surface area (Å²) in [5.41, 5.74) is 3.08. The fraction of sp³-hybridized carbons (Fsp3) is 0.200. The Labute approximate surface area is 165 Å². The molecule has 2 heterocycles. The van der Waals surface area contributed by atoms with Crippen molar-refractivity contribution in [3.05, 3.63) is 70.0 Å². The van der Waals surface area contributed by atoms with E-state index in [4.69, 9.17) is 11.6 Å². The highest BCUT2D eigenvalue weighted by Crippen LogP contribution is 2.28. The number of aryl methyl sites for hydroxylation is 2. The predicted octanol–water partition coefficient (Wildman–Crippen LogP) is 5.14. The van der Waals surface area contributed by atoms with Crippen LogP contribution in [-0.2, 0) is 0 Å². The van der Waals surface area contributed by atoms with Gasteiger partial charge in [-0.1, -0.05) is 17.5 Å². The molecule has 0 saturated heterocycles. The molecule has 0 aliphatic rings. The summed E-state index contributed by atoms with van der Waals surface area (Å²) in [7, 11) is 0. The third kappa shape index (κ3) is 4.46. The second-order valence-electron chi connectivity index (χ2n) is 6.04. The summed E-state index contributed by atoms with van der Waals surface area (Å²) in [6, 6.07) is 7.84. The molecule has 0 bridgehead atoms. The summed E-state index contributed by atoms with van der Waals surface area (Å²) < 4.78 is 43.2. The van der Waals surface area contributed by atoms with E-state index in [2.05, 4.69) is 26.5 Å². The number of benzene rings is 1. The fourth-order valence-corrected chi connectivity index (χ4v) is 2.94. The maximum Gasteiger partial charge on any atom is 0.573 e. The van der Waals surface area contributed by atoms with Gasteiger partial charge in [0.05, 0.1) is 5.69 Å². The Balaban J connectivity index is 1.96. The van der Waals surface area contributed by atoms with Gasteiger partial charge < -0.3 is 4.74 Å². The number of imidazole rings is 1. The monoisotopic (exact) mass is 405 g/mol. The van der Waals surface area contributed by atoms with E-state index in [1.54, 1.807) is 44.3 Å². The Hall–Kier alpha value is -2.98. The van der Waals surface area contributed by atoms with Gasteiger partial charge in [-0.3, -0.25) is 4.57 Å². The molecular weight excluding hydrogens is 391 g/mol. The summed E-state index contributed by atoms with van der Waals surface area (Å²) >= 11 is 5.86. The van der Waals surface area contributed by atoms with Crippen molar-refractivity contribution in [2.24, 2.45) is 0 Å². The first-order chi connectivity index (χ1) is 13.1. The lowest BCUT2D eigenvalue weighted by Crippen LogP contribution is -2.17. The fourth-order valence-electron chi connectivity index (χ4n) is 2.76. The Morgan fingerprint density at radius 1 is 1.07 bits per heavy atom. The molecule has 28 heavy (non-hydrogen) atoms. The van der Waals surface area contributed by atoms with Gasteiger partial charge in [0.1, 0.15) is 22.4 Å². The largest absolute Gasteiger partial charge is 0.573 e. The molecule has 0 aliphatic heterocycles. The molecule has 8 heteroatoms. The highest BCUT2D eigenvalue weighted by atomic mass is 35.5. The molecule has 0 saturated carbocycles. The number of halogens is 4. The molecule has 0 atom stereocenters. The van der Waals surface area contributed by atoms with Crippen LogP contribution in [0.5, 0.6) is 5.75 Å². The van der Waals surface area contributed by atoms with Crippen molar-refractivity contribution in [3.8, 4) is 23.3 Å². The molecule has 0 unspecified atom stereocenters. The van der Waals surface area contributed by atoms with Gasteiger partial charge >= 0.3 is 6.36 Å². The van der Waals surface area contributed by atoms with Gasteiger partial charge in [-0.15, -0.1) is 13.2 Å². The maximum absolute atomic E-state index is 12.5. The van der Waals surface area contributed by atoms with Crippen LogP contribution in [0.2, 0.25) is 5.15 Å². The Morgan fingerprint density at radius 3 is 2.46 bits per heavy atom. The number of hydrogen-bond donors (Lipinski definition) is 0. The average Bonchev–Trinajstić information content (AvgIpc) is 2.88. The van der Waals surface area contributed by atoms with Gasteiger partial charge in [-0.2, -0.15) is 0 Å². The van der Waals surface area contributed by atoms with E-state index < -0.39 is 6.36 Å². The summed E-state index contributed by atoms with van der Waals surface area (Å²) in [4.78, 5) is 8.37. The van der Waals surface area contributed by atoms with Crippen LogP contribution < -0.4 is 4.74 Å². The summed E-state index contributed by atoms with van der Waals surface area (Å²) in [6.45, 7) is 5.20. The quantitative estimate of drug-likeness (QED) is 0.437. The number of aromatic nitrogens is 3. The van der Waals surface area contributed by atoms with Gasteiger partial charge in [-0.05, 0) is 62.6 Å². The lowest BCUT2D eigenvalue weighted by molar-refractivity contribution is -0.274. The highest BCUT2D eigenvalue weighted by Gasteiger charge is 2.31. The zero-order valence-electron chi connectivity index (χ0n) is 15.2. The molecule has 0 fully saturated rings. The van der Waals surface area contributed by atoms with Gasteiger partial charge in [0.15, 0.2) is 0 Å². The first-order valence-corrected chi connectivity index (χ1v) is 8.58. The molecule has 4 nitrogen and oxygen atoms in total. The maximum atomic E-state index is 12.5. The standard InChI is InChI=1S/C20H15ClF3N3O/c1-12-10-16(5-7-18(12)28-20(22,23)24)27-13(2)17(26-14(27)3)6-4-15-8-9-25-19(21)11-15/h5,7-11H,1-3H3. The van der Waals surface area contributed by atoms with Crippen LogP contribution >= 0.6 is 11.6 Å². The Bertz CT molecular complexity index is 1090. The Kier molecular flexibility index (Phi) is 5.34. The minimum Gasteiger partial charge on any atom is -0.406 e. The Morgan fingerprint density at radius 2 is 1.82 bits per heavy atom. The van der Waals surface area contributed by atoms with Crippen LogP contribution in [-0.4, -0.2) is 20.9 Å². The third-order valence-electron chi connectivity index (χ3n) is 3.97. The molecule has 144 valence electrons. The van der Waals surface area contributed by atoms with E-state index in [1.165, 1.54) is 6.07 Å². The van der Waals surface area contributed by atoms with Gasteiger partial charge in [0, 0.05) is 17.4 Å². The smallest absolute Gasteiger partial charge is 0.406 e. The number of pyridine rings is 1. The van der Waals surface area contributed by atoms with E-state index in [0.717, 1.165) is 5.69 Å². The van der Waals surface area contributed by atoms with Gasteiger partial charge in [0.25, 0.3) is 0 Å². The summed E-state index contributed by atoms with van der Waals surface area (Å²) in [6.07, 6.45) is -3.16. The van der Waals surface area contributed by atoms with Crippen LogP contribution in [0.3, 0.4) is 0 Å². The lowest BCUT2D eigenvalue weighted by atomic mass is 10.2. The topological polar surface area (TPSA) is 39.9 Å². The van der Waals surface area contributed by atoms with Gasteiger partial charge in [-0.25, -0.2) is 9.97 Å². The zero-order chi connectivity index (χ0) is 20.5. The van der Waals surface area contributed by atoms with Crippen molar-refractivity contribution in [1.29, 1.82) is 0 Å². The molecule has 0 amide bonds. The second-order valence-corrected chi connectivity index (χ2v) is 6.43. The SMILES string of the molecule is Cc1cc(-n2c(C)nc(C#Cc3ccnc(Cl)c3)c2C)ccc1OC(F)(F)F. The lowest BCUT2D eigenvalue weighted by Gasteiger charge is -2.14. The molecular formula is C20H15ClF3N3O. The minimum atomic E-state index is -4.73. The summed E-state index contributed by atoms with van der Waals surface area (Å²) in [5, 5.41) is 0.349. The van der Waals surface area contributed by atoms with Crippen molar-refractivity contribution >= 4 is 11.6 Å². The van der Waals surface area contributed by atoms with Crippen molar-refractivity contribution in [2.75, 3.05) is 0 Å². The van der Waals surface area contributed by atoms with Crippen molar-refractivity contribution < 1.29 is 17.9 Å². The highest BCUT2D eigenvalue weighted by molar-refractivity contribution is 6.29. The van der Waals surface area contributed by atoms with Gasteiger partial charge in [0.2, 0.25) is 0 Å². The number of hydrogen-bond acceptors (Lipinski definition) is 3. The normalized spacial score (nSPS) is 11.1. The van der Waals surface area contributed by atoms with Crippen molar-refractivity contribution in [2.45, 2.75) is 27.1 Å². The van der Waals surface area contributed by atoms with E-state index in [1.807, 2.05) is 11.5 Å². The molecule has 3 aromatic rings. The molecule has 0 radical (unpaired) electrons. The van der Waals surface area contributed by atoms with Crippen molar-refractivity contribution in [1.82, 2.24) is 14.5 Å². The third-order valence-corrected chi connectivity index (χ3v) is 4.18. The molecule has 0 N–H and O–H groups in total.